The fourth-order valence-electron chi connectivity index (χ4n) is 2.33. The second kappa shape index (κ2) is 9.70. The average Bonchev–Trinajstić information content (AvgIpc) is 2.68. The number of ether oxygens (including phenoxy) is 1. The molecule has 1 amide bonds. The van der Waals surface area contributed by atoms with Gasteiger partial charge in [0.05, 0.1) is 11.1 Å². The van der Waals surface area contributed by atoms with Gasteiger partial charge in [-0.3, -0.25) is 14.9 Å². The summed E-state index contributed by atoms with van der Waals surface area (Å²) in [6.45, 7) is 3.98. The second-order valence-electron chi connectivity index (χ2n) is 6.08. The summed E-state index contributed by atoms with van der Waals surface area (Å²) in [6.07, 6.45) is 2.10. The first-order valence-electron chi connectivity index (χ1n) is 8.53. The molecule has 2 aromatic rings. The number of rotatable bonds is 8. The first-order chi connectivity index (χ1) is 13.3. The van der Waals surface area contributed by atoms with E-state index in [-0.39, 0.29) is 17.2 Å². The van der Waals surface area contributed by atoms with E-state index in [1.165, 1.54) is 11.6 Å². The lowest BCUT2D eigenvalue weighted by atomic mass is 9.99. The van der Waals surface area contributed by atoms with E-state index in [9.17, 15) is 20.0 Å². The quantitative estimate of drug-likeness (QED) is 0.391. The van der Waals surface area contributed by atoms with Crippen molar-refractivity contribution in [3.05, 3.63) is 62.7 Å². The lowest BCUT2D eigenvalue weighted by molar-refractivity contribution is -0.385. The van der Waals surface area contributed by atoms with Crippen LogP contribution in [0.5, 0.6) is 11.5 Å². The molecule has 1 atom stereocenters. The fourth-order valence-corrected chi connectivity index (χ4v) is 2.55. The number of hydrogen-bond acceptors (Lipinski definition) is 6. The Bertz CT molecular complexity index is 884. The summed E-state index contributed by atoms with van der Waals surface area (Å²) in [5, 5.41) is 24.4. The average molecular weight is 406 g/mol. The summed E-state index contributed by atoms with van der Waals surface area (Å²) in [4.78, 5) is 21.9. The minimum atomic E-state index is -0.766. The summed E-state index contributed by atoms with van der Waals surface area (Å²) in [5.41, 5.74) is 2.86. The van der Waals surface area contributed by atoms with Crippen LogP contribution in [0.1, 0.15) is 37.3 Å². The molecule has 28 heavy (non-hydrogen) atoms. The second-order valence-corrected chi connectivity index (χ2v) is 6.52. The molecule has 9 heteroatoms. The number of nitro groups is 1. The number of nitrogens with zero attached hydrogens (tertiary/aromatic N) is 2. The molecular weight excluding hydrogens is 386 g/mol. The Morgan fingerprint density at radius 2 is 2.07 bits per heavy atom. The summed E-state index contributed by atoms with van der Waals surface area (Å²) in [6, 6.07) is 9.80. The largest absolute Gasteiger partial charge is 0.502 e. The number of hydrazone groups is 1. The van der Waals surface area contributed by atoms with E-state index in [0.717, 1.165) is 18.7 Å². The van der Waals surface area contributed by atoms with Crippen LogP contribution in [0, 0.1) is 10.1 Å². The van der Waals surface area contributed by atoms with Gasteiger partial charge >= 0.3 is 5.69 Å². The molecule has 2 N–H and O–H groups in total. The van der Waals surface area contributed by atoms with Gasteiger partial charge in [-0.2, -0.15) is 5.10 Å². The standard InChI is InChI=1S/C19H20ClN3O5/c1-3-12(2)13-4-6-16(7-5-13)28-11-18(24)22-21-10-14-8-15(20)9-17(19(14)25)23(26)27/h4-10,12,25H,3,11H2,1-2H3,(H,22,24). The highest BCUT2D eigenvalue weighted by Crippen LogP contribution is 2.32. The van der Waals surface area contributed by atoms with Crippen molar-refractivity contribution >= 4 is 29.4 Å². The summed E-state index contributed by atoms with van der Waals surface area (Å²) >= 11 is 5.78. The van der Waals surface area contributed by atoms with Gasteiger partial charge in [-0.15, -0.1) is 0 Å². The summed E-state index contributed by atoms with van der Waals surface area (Å²) < 4.78 is 5.39. The van der Waals surface area contributed by atoms with Gasteiger partial charge in [-0.05, 0) is 36.1 Å². The minimum absolute atomic E-state index is 0.000973. The third kappa shape index (κ3) is 5.68. The zero-order valence-corrected chi connectivity index (χ0v) is 16.1. The third-order valence-electron chi connectivity index (χ3n) is 4.11. The van der Waals surface area contributed by atoms with Gasteiger partial charge in [0.2, 0.25) is 5.75 Å². The molecule has 1 unspecified atom stereocenters. The normalized spacial score (nSPS) is 12.0. The Morgan fingerprint density at radius 3 is 2.68 bits per heavy atom. The van der Waals surface area contributed by atoms with Crippen molar-refractivity contribution in [2.75, 3.05) is 6.61 Å². The molecule has 0 bridgehead atoms. The zero-order chi connectivity index (χ0) is 20.7. The van der Waals surface area contributed by atoms with E-state index in [4.69, 9.17) is 16.3 Å². The van der Waals surface area contributed by atoms with E-state index in [1.807, 2.05) is 12.1 Å². The zero-order valence-electron chi connectivity index (χ0n) is 15.4. The number of amides is 1. The molecule has 2 aromatic carbocycles. The number of phenols is 1. The van der Waals surface area contributed by atoms with Gasteiger partial charge < -0.3 is 9.84 Å². The Morgan fingerprint density at radius 1 is 1.39 bits per heavy atom. The number of benzene rings is 2. The van der Waals surface area contributed by atoms with Crippen molar-refractivity contribution in [3.63, 3.8) is 0 Å². The summed E-state index contributed by atoms with van der Waals surface area (Å²) in [5.74, 6) is -0.122. The molecule has 8 nitrogen and oxygen atoms in total. The number of aromatic hydroxyl groups is 1. The number of nitrogens with one attached hydrogen (secondary N) is 1. The Balaban J connectivity index is 1.91. The molecule has 0 fully saturated rings. The smallest absolute Gasteiger partial charge is 0.312 e. The Hall–Kier alpha value is -3.13. The molecule has 0 spiro atoms. The number of carbonyl (C=O) groups is 1. The maximum absolute atomic E-state index is 11.8. The van der Waals surface area contributed by atoms with Gasteiger partial charge in [0.25, 0.3) is 5.91 Å². The minimum Gasteiger partial charge on any atom is -0.502 e. The third-order valence-corrected chi connectivity index (χ3v) is 4.32. The predicted molar refractivity (Wildman–Crippen MR) is 106 cm³/mol. The van der Waals surface area contributed by atoms with Gasteiger partial charge in [-0.25, -0.2) is 5.43 Å². The van der Waals surface area contributed by atoms with Crippen molar-refractivity contribution < 1.29 is 19.6 Å². The van der Waals surface area contributed by atoms with Crippen LogP contribution in [0.2, 0.25) is 5.02 Å². The molecule has 0 aliphatic rings. The van der Waals surface area contributed by atoms with E-state index >= 15 is 0 Å². The van der Waals surface area contributed by atoms with E-state index < -0.39 is 22.3 Å². The monoisotopic (exact) mass is 405 g/mol. The van der Waals surface area contributed by atoms with E-state index in [1.54, 1.807) is 12.1 Å². The number of nitro benzene ring substituents is 1. The van der Waals surface area contributed by atoms with Crippen molar-refractivity contribution in [1.82, 2.24) is 5.43 Å². The first-order valence-corrected chi connectivity index (χ1v) is 8.91. The number of halogens is 1. The van der Waals surface area contributed by atoms with Gasteiger partial charge in [0.15, 0.2) is 6.61 Å². The van der Waals surface area contributed by atoms with Crippen molar-refractivity contribution in [2.24, 2.45) is 5.10 Å². The fraction of sp³-hybridized carbons (Fsp3) is 0.263. The highest BCUT2D eigenvalue weighted by atomic mass is 35.5. The molecule has 0 saturated heterocycles. The Labute approximate surface area is 166 Å². The van der Waals surface area contributed by atoms with Crippen molar-refractivity contribution in [3.8, 4) is 11.5 Å². The van der Waals surface area contributed by atoms with Crippen LogP contribution in [0.4, 0.5) is 5.69 Å². The molecule has 0 aromatic heterocycles. The molecule has 2 rings (SSSR count). The van der Waals surface area contributed by atoms with Crippen LogP contribution in [0.3, 0.4) is 0 Å². The predicted octanol–water partition coefficient (Wildman–Crippen LogP) is 4.00. The highest BCUT2D eigenvalue weighted by molar-refractivity contribution is 6.31. The first kappa shape index (κ1) is 21.2. The van der Waals surface area contributed by atoms with E-state index in [2.05, 4.69) is 24.4 Å². The molecule has 0 aliphatic heterocycles. The van der Waals surface area contributed by atoms with Crippen LogP contribution in [0.15, 0.2) is 41.5 Å². The molecule has 0 radical (unpaired) electrons. The van der Waals surface area contributed by atoms with Crippen molar-refractivity contribution in [1.29, 1.82) is 0 Å². The summed E-state index contributed by atoms with van der Waals surface area (Å²) in [7, 11) is 0. The molecule has 0 aliphatic carbocycles. The Kier molecular flexibility index (Phi) is 7.34. The maximum atomic E-state index is 11.8. The van der Waals surface area contributed by atoms with Crippen LogP contribution < -0.4 is 10.2 Å². The van der Waals surface area contributed by atoms with Crippen LogP contribution in [-0.2, 0) is 4.79 Å². The molecule has 0 heterocycles. The number of hydrogen-bond donors (Lipinski definition) is 2. The van der Waals surface area contributed by atoms with Crippen LogP contribution in [0.25, 0.3) is 0 Å². The molecule has 0 saturated carbocycles. The van der Waals surface area contributed by atoms with Crippen LogP contribution in [-0.4, -0.2) is 28.8 Å². The maximum Gasteiger partial charge on any atom is 0.312 e. The highest BCUT2D eigenvalue weighted by Gasteiger charge is 2.17. The number of carbonyl (C=O) groups excluding carboxylic acids is 1. The SMILES string of the molecule is CCC(C)c1ccc(OCC(=O)NN=Cc2cc(Cl)cc([N+](=O)[O-])c2O)cc1. The van der Waals surface area contributed by atoms with Crippen molar-refractivity contribution in [2.45, 2.75) is 26.2 Å². The van der Waals surface area contributed by atoms with Gasteiger partial charge in [0, 0.05) is 16.7 Å². The molecule has 148 valence electrons. The van der Waals surface area contributed by atoms with E-state index in [0.29, 0.717) is 11.7 Å². The van der Waals surface area contributed by atoms with Gasteiger partial charge in [-0.1, -0.05) is 37.6 Å². The lowest BCUT2D eigenvalue weighted by Crippen LogP contribution is -2.24. The lowest BCUT2D eigenvalue weighted by Gasteiger charge is -2.10. The van der Waals surface area contributed by atoms with Crippen LogP contribution >= 0.6 is 11.6 Å². The van der Waals surface area contributed by atoms with Gasteiger partial charge in [0.1, 0.15) is 5.75 Å². The number of phenolic OH excluding ortho intramolecular Hbond substituents is 1. The topological polar surface area (TPSA) is 114 Å². The molecular formula is C19H20ClN3O5.